The van der Waals surface area contributed by atoms with Gasteiger partial charge in [0, 0.05) is 5.69 Å². The standard InChI is InChI=1S/C29H28N2O5S/c1-19-5-4-6-23(15-19)30-27(32)18-36-24-11-9-22(10-12-24)17-26-28(33)31(29(34)37-26)13-14-35-25-16-20(2)7-8-21(25)3/h4-12,15-17H,13-14,18H2,1-3H3,(H,30,32)/b26-17-. The van der Waals surface area contributed by atoms with E-state index in [0.717, 1.165) is 45.5 Å². The van der Waals surface area contributed by atoms with Crippen LogP contribution in [0.15, 0.2) is 71.6 Å². The molecule has 190 valence electrons. The molecule has 7 nitrogen and oxygen atoms in total. The maximum absolute atomic E-state index is 12.8. The van der Waals surface area contributed by atoms with Crippen molar-refractivity contribution in [2.24, 2.45) is 0 Å². The summed E-state index contributed by atoms with van der Waals surface area (Å²) in [6.45, 7) is 6.15. The van der Waals surface area contributed by atoms with Gasteiger partial charge in [-0.1, -0.05) is 36.4 Å². The molecule has 0 unspecified atom stereocenters. The zero-order chi connectivity index (χ0) is 26.4. The first kappa shape index (κ1) is 26.0. The molecule has 0 bridgehead atoms. The molecular formula is C29H28N2O5S. The van der Waals surface area contributed by atoms with Crippen molar-refractivity contribution >= 4 is 40.6 Å². The Bertz CT molecular complexity index is 1350. The van der Waals surface area contributed by atoms with Gasteiger partial charge in [-0.2, -0.15) is 0 Å². The lowest BCUT2D eigenvalue weighted by Gasteiger charge is -2.14. The molecule has 1 fully saturated rings. The zero-order valence-corrected chi connectivity index (χ0v) is 21.8. The number of rotatable bonds is 9. The SMILES string of the molecule is Cc1cccc(NC(=O)COc2ccc(/C=C3\SC(=O)N(CCOc4cc(C)ccc4C)C3=O)cc2)c1. The Balaban J connectivity index is 1.29. The van der Waals surface area contributed by atoms with Crippen LogP contribution in [-0.4, -0.2) is 41.7 Å². The Hall–Kier alpha value is -4.04. The van der Waals surface area contributed by atoms with Crippen LogP contribution in [0, 0.1) is 20.8 Å². The first-order chi connectivity index (χ1) is 17.8. The second kappa shape index (κ2) is 11.8. The molecule has 0 saturated carbocycles. The average molecular weight is 517 g/mol. The highest BCUT2D eigenvalue weighted by Gasteiger charge is 2.34. The molecule has 1 saturated heterocycles. The van der Waals surface area contributed by atoms with Gasteiger partial charge in [-0.3, -0.25) is 19.3 Å². The van der Waals surface area contributed by atoms with E-state index in [-0.39, 0.29) is 36.8 Å². The Morgan fingerprint density at radius 2 is 1.70 bits per heavy atom. The molecule has 8 heteroatoms. The van der Waals surface area contributed by atoms with Crippen LogP contribution in [0.1, 0.15) is 22.3 Å². The number of nitrogens with zero attached hydrogens (tertiary/aromatic N) is 1. The molecular weight excluding hydrogens is 488 g/mol. The molecule has 3 amide bonds. The highest BCUT2D eigenvalue weighted by Crippen LogP contribution is 2.32. The van der Waals surface area contributed by atoms with Gasteiger partial charge in [0.1, 0.15) is 18.1 Å². The first-order valence-corrected chi connectivity index (χ1v) is 12.6. The van der Waals surface area contributed by atoms with Crippen molar-refractivity contribution in [3.05, 3.63) is 93.9 Å². The van der Waals surface area contributed by atoms with Gasteiger partial charge in [0.05, 0.1) is 11.4 Å². The number of nitrogens with one attached hydrogen (secondary N) is 1. The molecule has 0 radical (unpaired) electrons. The summed E-state index contributed by atoms with van der Waals surface area (Å²) in [5.41, 5.74) is 4.59. The van der Waals surface area contributed by atoms with E-state index in [4.69, 9.17) is 9.47 Å². The lowest BCUT2D eigenvalue weighted by molar-refractivity contribution is -0.123. The van der Waals surface area contributed by atoms with E-state index in [1.807, 2.05) is 63.2 Å². The molecule has 0 aliphatic carbocycles. The predicted molar refractivity (Wildman–Crippen MR) is 146 cm³/mol. The fraction of sp³-hybridized carbons (Fsp3) is 0.207. The molecule has 0 spiro atoms. The molecule has 3 aromatic carbocycles. The lowest BCUT2D eigenvalue weighted by atomic mass is 10.1. The van der Waals surface area contributed by atoms with Crippen LogP contribution < -0.4 is 14.8 Å². The van der Waals surface area contributed by atoms with Crippen molar-refractivity contribution in [3.8, 4) is 11.5 Å². The molecule has 1 heterocycles. The summed E-state index contributed by atoms with van der Waals surface area (Å²) in [6.07, 6.45) is 1.67. The summed E-state index contributed by atoms with van der Waals surface area (Å²) in [4.78, 5) is 38.9. The minimum atomic E-state index is -0.340. The van der Waals surface area contributed by atoms with E-state index in [9.17, 15) is 14.4 Å². The Morgan fingerprint density at radius 1 is 0.946 bits per heavy atom. The maximum Gasteiger partial charge on any atom is 0.293 e. The number of thioether (sulfide) groups is 1. The lowest BCUT2D eigenvalue weighted by Crippen LogP contribution is -2.32. The fourth-order valence-electron chi connectivity index (χ4n) is 3.68. The van der Waals surface area contributed by atoms with Gasteiger partial charge >= 0.3 is 0 Å². The monoisotopic (exact) mass is 516 g/mol. The van der Waals surface area contributed by atoms with Gasteiger partial charge in [-0.25, -0.2) is 0 Å². The van der Waals surface area contributed by atoms with Crippen LogP contribution in [0.5, 0.6) is 11.5 Å². The smallest absolute Gasteiger partial charge is 0.293 e. The Labute approximate surface area is 220 Å². The van der Waals surface area contributed by atoms with Crippen LogP contribution in [0.2, 0.25) is 0 Å². The third-order valence-corrected chi connectivity index (χ3v) is 6.55. The Kier molecular flexibility index (Phi) is 8.30. The highest BCUT2D eigenvalue weighted by atomic mass is 32.2. The second-order valence-electron chi connectivity index (χ2n) is 8.73. The molecule has 4 rings (SSSR count). The van der Waals surface area contributed by atoms with E-state index in [1.165, 1.54) is 4.90 Å². The topological polar surface area (TPSA) is 84.9 Å². The van der Waals surface area contributed by atoms with Gasteiger partial charge in [0.25, 0.3) is 17.1 Å². The highest BCUT2D eigenvalue weighted by molar-refractivity contribution is 8.18. The summed E-state index contributed by atoms with van der Waals surface area (Å²) < 4.78 is 11.4. The summed E-state index contributed by atoms with van der Waals surface area (Å²) in [7, 11) is 0. The number of ether oxygens (including phenoxy) is 2. The van der Waals surface area contributed by atoms with Crippen LogP contribution in [0.3, 0.4) is 0 Å². The maximum atomic E-state index is 12.8. The van der Waals surface area contributed by atoms with Crippen molar-refractivity contribution in [2.45, 2.75) is 20.8 Å². The molecule has 1 aliphatic rings. The van der Waals surface area contributed by atoms with E-state index < -0.39 is 0 Å². The van der Waals surface area contributed by atoms with E-state index in [1.54, 1.807) is 30.3 Å². The number of hydrogen-bond donors (Lipinski definition) is 1. The minimum Gasteiger partial charge on any atom is -0.491 e. The number of anilines is 1. The fourth-order valence-corrected chi connectivity index (χ4v) is 4.55. The number of hydrogen-bond acceptors (Lipinski definition) is 6. The number of carbonyl (C=O) groups is 3. The van der Waals surface area contributed by atoms with Crippen LogP contribution in [0.25, 0.3) is 6.08 Å². The van der Waals surface area contributed by atoms with Crippen LogP contribution >= 0.6 is 11.8 Å². The van der Waals surface area contributed by atoms with Crippen molar-refractivity contribution in [3.63, 3.8) is 0 Å². The van der Waals surface area contributed by atoms with Crippen molar-refractivity contribution in [2.75, 3.05) is 25.1 Å². The normalized spacial score (nSPS) is 14.2. The van der Waals surface area contributed by atoms with Crippen molar-refractivity contribution in [1.82, 2.24) is 4.90 Å². The summed E-state index contributed by atoms with van der Waals surface area (Å²) in [6, 6.07) is 20.4. The molecule has 0 atom stereocenters. The van der Waals surface area contributed by atoms with Crippen LogP contribution in [0.4, 0.5) is 10.5 Å². The summed E-state index contributed by atoms with van der Waals surface area (Å²) in [5.74, 6) is 0.670. The van der Waals surface area contributed by atoms with Gasteiger partial charge in [0.15, 0.2) is 6.61 Å². The number of amides is 3. The summed E-state index contributed by atoms with van der Waals surface area (Å²) >= 11 is 0.907. The third kappa shape index (κ3) is 7.01. The largest absolute Gasteiger partial charge is 0.491 e. The van der Waals surface area contributed by atoms with Gasteiger partial charge in [-0.15, -0.1) is 0 Å². The number of carbonyl (C=O) groups excluding carboxylic acids is 3. The van der Waals surface area contributed by atoms with Gasteiger partial charge in [0.2, 0.25) is 0 Å². The number of aryl methyl sites for hydroxylation is 3. The third-order valence-electron chi connectivity index (χ3n) is 5.64. The van der Waals surface area contributed by atoms with Crippen LogP contribution in [-0.2, 0) is 9.59 Å². The van der Waals surface area contributed by atoms with Gasteiger partial charge < -0.3 is 14.8 Å². The van der Waals surface area contributed by atoms with Crippen molar-refractivity contribution < 1.29 is 23.9 Å². The number of benzene rings is 3. The minimum absolute atomic E-state index is 0.129. The zero-order valence-electron chi connectivity index (χ0n) is 20.9. The molecule has 37 heavy (non-hydrogen) atoms. The quantitative estimate of drug-likeness (QED) is 0.365. The first-order valence-electron chi connectivity index (χ1n) is 11.8. The molecule has 1 aliphatic heterocycles. The van der Waals surface area contributed by atoms with Gasteiger partial charge in [-0.05, 0) is 91.2 Å². The van der Waals surface area contributed by atoms with E-state index >= 15 is 0 Å². The second-order valence-corrected chi connectivity index (χ2v) is 9.72. The molecule has 0 aromatic heterocycles. The summed E-state index contributed by atoms with van der Waals surface area (Å²) in [5, 5.41) is 2.48. The predicted octanol–water partition coefficient (Wildman–Crippen LogP) is 5.74. The van der Waals surface area contributed by atoms with E-state index in [0.29, 0.717) is 10.7 Å². The molecule has 3 aromatic rings. The van der Waals surface area contributed by atoms with Crippen molar-refractivity contribution in [1.29, 1.82) is 0 Å². The Morgan fingerprint density at radius 3 is 2.46 bits per heavy atom. The molecule has 1 N–H and O–H groups in total. The number of imide groups is 1. The van der Waals surface area contributed by atoms with E-state index in [2.05, 4.69) is 5.32 Å². The average Bonchev–Trinajstić information content (AvgIpc) is 3.13.